The number of hydrogen-bond acceptors (Lipinski definition) is 2. The molecule has 0 fully saturated rings. The Kier molecular flexibility index (Phi) is 3.61. The van der Waals surface area contributed by atoms with Gasteiger partial charge in [-0.1, -0.05) is 17.7 Å². The third-order valence-corrected chi connectivity index (χ3v) is 2.03. The highest BCUT2D eigenvalue weighted by molar-refractivity contribution is 5.80. The second kappa shape index (κ2) is 4.73. The van der Waals surface area contributed by atoms with Gasteiger partial charge in [0.2, 0.25) is 0 Å². The summed E-state index contributed by atoms with van der Waals surface area (Å²) in [7, 11) is 0. The second-order valence-electron chi connectivity index (χ2n) is 3.48. The van der Waals surface area contributed by atoms with E-state index >= 15 is 0 Å². The predicted octanol–water partition coefficient (Wildman–Crippen LogP) is 3.20. The number of benzene rings is 1. The van der Waals surface area contributed by atoms with E-state index in [-0.39, 0.29) is 0 Å². The van der Waals surface area contributed by atoms with Crippen LogP contribution in [0.3, 0.4) is 0 Å². The van der Waals surface area contributed by atoms with E-state index in [1.54, 1.807) is 6.92 Å². The van der Waals surface area contributed by atoms with Crippen LogP contribution in [0.15, 0.2) is 17.1 Å². The third-order valence-electron chi connectivity index (χ3n) is 2.03. The summed E-state index contributed by atoms with van der Waals surface area (Å²) in [4.78, 5) is 14.7. The Bertz CT molecular complexity index is 385. The quantitative estimate of drug-likeness (QED) is 0.660. The first-order valence-corrected chi connectivity index (χ1v) is 4.83. The molecule has 0 aliphatic heterocycles. The average Bonchev–Trinajstić information content (AvgIpc) is 2.11. The molecular formula is C12H15NO2. The Labute approximate surface area is 89.8 Å². The summed E-state index contributed by atoms with van der Waals surface area (Å²) in [5.74, 6) is 0.608. The summed E-state index contributed by atoms with van der Waals surface area (Å²) in [5, 5.41) is 0. The smallest absolute Gasteiger partial charge is 0.408 e. The van der Waals surface area contributed by atoms with Crippen molar-refractivity contribution in [2.75, 3.05) is 0 Å². The van der Waals surface area contributed by atoms with Crippen LogP contribution >= 0.6 is 0 Å². The Morgan fingerprint density at radius 3 is 2.27 bits per heavy atom. The molecule has 0 N–H and O–H groups in total. The minimum Gasteiger partial charge on any atom is -0.408 e. The fraction of sp³-hybridized carbons (Fsp3) is 0.333. The summed E-state index contributed by atoms with van der Waals surface area (Å²) >= 11 is 0. The Morgan fingerprint density at radius 1 is 1.27 bits per heavy atom. The predicted molar refractivity (Wildman–Crippen MR) is 60.8 cm³/mol. The van der Waals surface area contributed by atoms with Crippen molar-refractivity contribution in [1.82, 2.24) is 0 Å². The molecule has 0 aliphatic carbocycles. The monoisotopic (exact) mass is 205 g/mol. The van der Waals surface area contributed by atoms with E-state index in [9.17, 15) is 4.79 Å². The van der Waals surface area contributed by atoms with Gasteiger partial charge in [-0.2, -0.15) is 4.99 Å². The van der Waals surface area contributed by atoms with Crippen molar-refractivity contribution in [3.05, 3.63) is 28.8 Å². The standard InChI is InChI=1S/C12H15NO2/c1-5-13-12(14)15-11-9(3)6-8(2)7-10(11)4/h5-7H,1-4H3/b13-5+. The van der Waals surface area contributed by atoms with Gasteiger partial charge in [0.05, 0.1) is 0 Å². The molecule has 80 valence electrons. The van der Waals surface area contributed by atoms with Gasteiger partial charge in [0.1, 0.15) is 5.75 Å². The molecule has 1 rings (SSSR count). The maximum atomic E-state index is 11.2. The van der Waals surface area contributed by atoms with Gasteiger partial charge in [0.15, 0.2) is 0 Å². The zero-order valence-corrected chi connectivity index (χ0v) is 9.50. The van der Waals surface area contributed by atoms with Crippen molar-refractivity contribution >= 4 is 12.3 Å². The Hall–Kier alpha value is -1.64. The van der Waals surface area contributed by atoms with Gasteiger partial charge in [-0.15, -0.1) is 0 Å². The number of aryl methyl sites for hydroxylation is 3. The van der Waals surface area contributed by atoms with Crippen LogP contribution in [-0.2, 0) is 0 Å². The zero-order valence-electron chi connectivity index (χ0n) is 9.50. The molecule has 0 aliphatic rings. The lowest BCUT2D eigenvalue weighted by atomic mass is 10.1. The van der Waals surface area contributed by atoms with Crippen molar-refractivity contribution in [3.63, 3.8) is 0 Å². The highest BCUT2D eigenvalue weighted by Gasteiger charge is 2.08. The molecule has 0 unspecified atom stereocenters. The van der Waals surface area contributed by atoms with E-state index < -0.39 is 6.09 Å². The molecule has 1 amide bonds. The molecule has 0 radical (unpaired) electrons. The molecule has 0 heterocycles. The molecule has 1 aromatic carbocycles. The lowest BCUT2D eigenvalue weighted by Crippen LogP contribution is -2.05. The summed E-state index contributed by atoms with van der Waals surface area (Å²) in [6.45, 7) is 7.52. The highest BCUT2D eigenvalue weighted by atomic mass is 16.5. The minimum absolute atomic E-state index is 0.576. The first-order chi connectivity index (χ1) is 7.04. The number of hydrogen-bond donors (Lipinski definition) is 0. The van der Waals surface area contributed by atoms with E-state index in [0.29, 0.717) is 5.75 Å². The minimum atomic E-state index is -0.576. The first-order valence-electron chi connectivity index (χ1n) is 4.83. The number of carbonyl (C=O) groups excluding carboxylic acids is 1. The lowest BCUT2D eigenvalue weighted by molar-refractivity contribution is 0.211. The number of carbonyl (C=O) groups is 1. The van der Waals surface area contributed by atoms with Crippen molar-refractivity contribution in [3.8, 4) is 5.75 Å². The normalized spacial score (nSPS) is 10.7. The van der Waals surface area contributed by atoms with Crippen molar-refractivity contribution < 1.29 is 9.53 Å². The zero-order chi connectivity index (χ0) is 11.4. The van der Waals surface area contributed by atoms with Crippen LogP contribution in [0.5, 0.6) is 5.75 Å². The van der Waals surface area contributed by atoms with Crippen LogP contribution in [0, 0.1) is 20.8 Å². The van der Waals surface area contributed by atoms with Gasteiger partial charge in [-0.05, 0) is 38.8 Å². The van der Waals surface area contributed by atoms with Gasteiger partial charge >= 0.3 is 6.09 Å². The molecule has 0 bridgehead atoms. The van der Waals surface area contributed by atoms with Crippen molar-refractivity contribution in [2.45, 2.75) is 27.7 Å². The largest absolute Gasteiger partial charge is 0.438 e. The van der Waals surface area contributed by atoms with E-state index in [1.807, 2.05) is 32.9 Å². The van der Waals surface area contributed by atoms with Crippen LogP contribution < -0.4 is 4.74 Å². The van der Waals surface area contributed by atoms with Crippen molar-refractivity contribution in [2.24, 2.45) is 4.99 Å². The van der Waals surface area contributed by atoms with Crippen molar-refractivity contribution in [1.29, 1.82) is 0 Å². The number of amides is 1. The highest BCUT2D eigenvalue weighted by Crippen LogP contribution is 2.24. The molecule has 15 heavy (non-hydrogen) atoms. The molecule has 0 aromatic heterocycles. The van der Waals surface area contributed by atoms with Crippen LogP contribution in [0.4, 0.5) is 4.79 Å². The number of aliphatic imine (C=N–C) groups is 1. The first kappa shape index (κ1) is 11.4. The molecule has 1 aromatic rings. The fourth-order valence-electron chi connectivity index (χ4n) is 1.55. The van der Waals surface area contributed by atoms with Gasteiger partial charge in [0, 0.05) is 6.21 Å². The number of rotatable bonds is 1. The second-order valence-corrected chi connectivity index (χ2v) is 3.48. The lowest BCUT2D eigenvalue weighted by Gasteiger charge is -2.09. The van der Waals surface area contributed by atoms with Crippen LogP contribution in [0.1, 0.15) is 23.6 Å². The fourth-order valence-corrected chi connectivity index (χ4v) is 1.55. The van der Waals surface area contributed by atoms with E-state index in [1.165, 1.54) is 6.21 Å². The van der Waals surface area contributed by atoms with E-state index in [0.717, 1.165) is 16.7 Å². The molecule has 0 spiro atoms. The van der Waals surface area contributed by atoms with Gasteiger partial charge in [0.25, 0.3) is 0 Å². The Balaban J connectivity index is 3.00. The van der Waals surface area contributed by atoms with Crippen LogP contribution in [0.2, 0.25) is 0 Å². The molecule has 3 heteroatoms. The summed E-state index contributed by atoms with van der Waals surface area (Å²) < 4.78 is 5.13. The van der Waals surface area contributed by atoms with Gasteiger partial charge in [-0.3, -0.25) is 0 Å². The average molecular weight is 205 g/mol. The molecular weight excluding hydrogens is 190 g/mol. The Morgan fingerprint density at radius 2 is 1.80 bits per heavy atom. The summed E-state index contributed by atoms with van der Waals surface area (Å²) in [6.07, 6.45) is 0.842. The topological polar surface area (TPSA) is 38.7 Å². The SMILES string of the molecule is C/C=N/C(=O)Oc1c(C)cc(C)cc1C. The van der Waals surface area contributed by atoms with Gasteiger partial charge in [-0.25, -0.2) is 4.79 Å². The van der Waals surface area contributed by atoms with Crippen LogP contribution in [0.25, 0.3) is 0 Å². The van der Waals surface area contributed by atoms with E-state index in [4.69, 9.17) is 4.74 Å². The number of nitrogens with zero attached hydrogens (tertiary/aromatic N) is 1. The maximum Gasteiger partial charge on any atom is 0.438 e. The molecule has 0 saturated carbocycles. The molecule has 0 atom stereocenters. The van der Waals surface area contributed by atoms with E-state index in [2.05, 4.69) is 4.99 Å². The maximum absolute atomic E-state index is 11.2. The van der Waals surface area contributed by atoms with Crippen LogP contribution in [-0.4, -0.2) is 12.3 Å². The summed E-state index contributed by atoms with van der Waals surface area (Å²) in [6, 6.07) is 3.95. The van der Waals surface area contributed by atoms with Gasteiger partial charge < -0.3 is 4.74 Å². The summed E-state index contributed by atoms with van der Waals surface area (Å²) in [5.41, 5.74) is 3.06. The third kappa shape index (κ3) is 2.91. The molecule has 3 nitrogen and oxygen atoms in total. The molecule has 0 saturated heterocycles. The number of ether oxygens (including phenoxy) is 1.